The van der Waals surface area contributed by atoms with Crippen LogP contribution in [0.2, 0.25) is 0 Å². The molecule has 0 saturated heterocycles. The molecule has 2 rings (SSSR count). The van der Waals surface area contributed by atoms with Crippen LogP contribution in [0.15, 0.2) is 53.7 Å². The lowest BCUT2D eigenvalue weighted by Gasteiger charge is -2.11. The van der Waals surface area contributed by atoms with Crippen molar-refractivity contribution < 1.29 is 4.79 Å². The molecule has 7 nitrogen and oxygen atoms in total. The van der Waals surface area contributed by atoms with Crippen LogP contribution in [0.25, 0.3) is 0 Å². The second kappa shape index (κ2) is 10.8. The lowest BCUT2D eigenvalue weighted by atomic mass is 10.2. The van der Waals surface area contributed by atoms with Crippen LogP contribution in [0.1, 0.15) is 32.0 Å². The summed E-state index contributed by atoms with van der Waals surface area (Å²) in [5.41, 5.74) is 2.76. The average Bonchev–Trinajstić information content (AvgIpc) is 2.65. The van der Waals surface area contributed by atoms with Crippen molar-refractivity contribution in [1.29, 1.82) is 0 Å². The number of pyridine rings is 1. The molecule has 7 heteroatoms. The molecule has 1 aromatic heterocycles. The van der Waals surface area contributed by atoms with Gasteiger partial charge in [-0.3, -0.25) is 4.98 Å². The highest BCUT2D eigenvalue weighted by molar-refractivity contribution is 5.89. The van der Waals surface area contributed by atoms with Gasteiger partial charge in [0.1, 0.15) is 0 Å². The van der Waals surface area contributed by atoms with Gasteiger partial charge in [-0.2, -0.15) is 0 Å². The van der Waals surface area contributed by atoms with Gasteiger partial charge < -0.3 is 21.3 Å². The van der Waals surface area contributed by atoms with Crippen molar-refractivity contribution in [3.8, 4) is 0 Å². The summed E-state index contributed by atoms with van der Waals surface area (Å²) >= 11 is 0. The molecule has 2 amide bonds. The Morgan fingerprint density at radius 2 is 1.89 bits per heavy atom. The first-order valence-electron chi connectivity index (χ1n) is 9.15. The van der Waals surface area contributed by atoms with Gasteiger partial charge in [-0.1, -0.05) is 18.2 Å². The quantitative estimate of drug-likeness (QED) is 0.447. The highest BCUT2D eigenvalue weighted by Crippen LogP contribution is 2.10. The van der Waals surface area contributed by atoms with Crippen molar-refractivity contribution in [3.63, 3.8) is 0 Å². The summed E-state index contributed by atoms with van der Waals surface area (Å²) < 4.78 is 0. The second-order valence-corrected chi connectivity index (χ2v) is 6.32. The fourth-order valence-electron chi connectivity index (χ4n) is 2.31. The zero-order valence-electron chi connectivity index (χ0n) is 16.1. The molecular formula is C20H28N6O. The van der Waals surface area contributed by atoms with Gasteiger partial charge in [0.15, 0.2) is 5.96 Å². The summed E-state index contributed by atoms with van der Waals surface area (Å²) in [5, 5.41) is 12.1. The number of nitrogens with zero attached hydrogens (tertiary/aromatic N) is 2. The summed E-state index contributed by atoms with van der Waals surface area (Å²) in [7, 11) is 0. The van der Waals surface area contributed by atoms with Gasteiger partial charge in [0.2, 0.25) is 0 Å². The lowest BCUT2D eigenvalue weighted by molar-refractivity contribution is 0.250. The van der Waals surface area contributed by atoms with Gasteiger partial charge in [0, 0.05) is 24.5 Å². The first kappa shape index (κ1) is 20.2. The third-order valence-electron chi connectivity index (χ3n) is 3.56. The molecule has 0 unspecified atom stereocenters. The number of carbonyl (C=O) groups excluding carboxylic acids is 1. The Morgan fingerprint density at radius 1 is 1.11 bits per heavy atom. The molecule has 27 heavy (non-hydrogen) atoms. The van der Waals surface area contributed by atoms with Gasteiger partial charge in [-0.15, -0.1) is 0 Å². The Morgan fingerprint density at radius 3 is 2.52 bits per heavy atom. The minimum atomic E-state index is -0.205. The molecule has 1 heterocycles. The van der Waals surface area contributed by atoms with E-state index in [1.165, 1.54) is 0 Å². The molecule has 0 saturated carbocycles. The molecule has 0 aliphatic rings. The summed E-state index contributed by atoms with van der Waals surface area (Å²) in [6.45, 7) is 7.80. The van der Waals surface area contributed by atoms with Gasteiger partial charge in [-0.05, 0) is 50.6 Å². The van der Waals surface area contributed by atoms with Gasteiger partial charge in [0.05, 0.1) is 18.8 Å². The third-order valence-corrected chi connectivity index (χ3v) is 3.56. The second-order valence-electron chi connectivity index (χ2n) is 6.32. The van der Waals surface area contributed by atoms with E-state index in [2.05, 4.69) is 31.2 Å². The highest BCUT2D eigenvalue weighted by Gasteiger charge is 2.03. The molecule has 4 N–H and O–H groups in total. The highest BCUT2D eigenvalue weighted by atomic mass is 16.2. The normalized spacial score (nSPS) is 11.2. The first-order valence-corrected chi connectivity index (χ1v) is 9.15. The number of hydrogen-bond acceptors (Lipinski definition) is 3. The molecule has 0 atom stereocenters. The van der Waals surface area contributed by atoms with Crippen molar-refractivity contribution >= 4 is 17.7 Å². The zero-order valence-corrected chi connectivity index (χ0v) is 16.1. The molecule has 0 spiro atoms. The summed E-state index contributed by atoms with van der Waals surface area (Å²) in [5.74, 6) is 0.738. The van der Waals surface area contributed by atoms with E-state index in [4.69, 9.17) is 0 Å². The largest absolute Gasteiger partial charge is 0.357 e. The summed E-state index contributed by atoms with van der Waals surface area (Å²) in [6, 6.07) is 13.4. The van der Waals surface area contributed by atoms with Crippen LogP contribution in [0.3, 0.4) is 0 Å². The predicted molar refractivity (Wildman–Crippen MR) is 110 cm³/mol. The Kier molecular flexibility index (Phi) is 8.09. The van der Waals surface area contributed by atoms with Crippen LogP contribution in [0.5, 0.6) is 0 Å². The van der Waals surface area contributed by atoms with E-state index >= 15 is 0 Å². The average molecular weight is 368 g/mol. The van der Waals surface area contributed by atoms with Crippen molar-refractivity contribution in [3.05, 3.63) is 59.9 Å². The Hall–Kier alpha value is -3.09. The molecule has 2 aromatic rings. The number of nitrogens with one attached hydrogen (secondary N) is 4. The van der Waals surface area contributed by atoms with E-state index in [0.717, 1.165) is 29.4 Å². The molecule has 0 radical (unpaired) electrons. The fraction of sp³-hybridized carbons (Fsp3) is 0.350. The number of urea groups is 1. The van der Waals surface area contributed by atoms with Crippen LogP contribution >= 0.6 is 0 Å². The number of aliphatic imine (C=N–C) groups is 1. The number of anilines is 1. The molecule has 0 aliphatic heterocycles. The van der Waals surface area contributed by atoms with Crippen molar-refractivity contribution in [2.24, 2.45) is 4.99 Å². The molecule has 0 fully saturated rings. The van der Waals surface area contributed by atoms with Crippen molar-refractivity contribution in [2.75, 3.05) is 11.9 Å². The number of aromatic nitrogens is 1. The first-order chi connectivity index (χ1) is 13.1. The monoisotopic (exact) mass is 368 g/mol. The third kappa shape index (κ3) is 7.77. The number of hydrogen-bond donors (Lipinski definition) is 4. The number of benzene rings is 1. The fourth-order valence-corrected chi connectivity index (χ4v) is 2.31. The lowest BCUT2D eigenvalue weighted by Crippen LogP contribution is -2.37. The predicted octanol–water partition coefficient (Wildman–Crippen LogP) is 2.87. The van der Waals surface area contributed by atoms with E-state index < -0.39 is 0 Å². The Balaban J connectivity index is 1.89. The number of guanidine groups is 1. The number of rotatable bonds is 7. The van der Waals surface area contributed by atoms with E-state index in [1.807, 2.05) is 63.2 Å². The van der Waals surface area contributed by atoms with Gasteiger partial charge in [-0.25, -0.2) is 9.79 Å². The minimum absolute atomic E-state index is 0.0988. The summed E-state index contributed by atoms with van der Waals surface area (Å²) in [4.78, 5) is 20.6. The summed E-state index contributed by atoms with van der Waals surface area (Å²) in [6.07, 6.45) is 1.78. The van der Waals surface area contributed by atoms with Crippen LogP contribution in [0, 0.1) is 0 Å². The van der Waals surface area contributed by atoms with Gasteiger partial charge in [0.25, 0.3) is 0 Å². The molecule has 0 bridgehead atoms. The van der Waals surface area contributed by atoms with E-state index in [1.54, 1.807) is 6.20 Å². The number of carbonyl (C=O) groups is 1. The standard InChI is InChI=1S/C20H28N6O/c1-4-21-19(24-14-18-7-5-6-12-22-18)23-13-16-8-10-17(11-9-16)26-20(27)25-15(2)3/h5-12,15H,4,13-14H2,1-3H3,(H2,21,23,24)(H2,25,26,27). The zero-order chi connectivity index (χ0) is 19.5. The maximum atomic E-state index is 11.7. The van der Waals surface area contributed by atoms with Crippen LogP contribution in [-0.4, -0.2) is 29.6 Å². The van der Waals surface area contributed by atoms with Crippen molar-refractivity contribution in [2.45, 2.75) is 39.9 Å². The van der Waals surface area contributed by atoms with E-state index in [9.17, 15) is 4.79 Å². The van der Waals surface area contributed by atoms with Gasteiger partial charge >= 0.3 is 6.03 Å². The molecule has 0 aliphatic carbocycles. The molecule has 1 aromatic carbocycles. The van der Waals surface area contributed by atoms with E-state index in [-0.39, 0.29) is 12.1 Å². The van der Waals surface area contributed by atoms with Crippen molar-refractivity contribution in [1.82, 2.24) is 20.9 Å². The maximum absolute atomic E-state index is 11.7. The molecule has 144 valence electrons. The topological polar surface area (TPSA) is 90.4 Å². The maximum Gasteiger partial charge on any atom is 0.319 e. The van der Waals surface area contributed by atoms with Crippen LogP contribution in [0.4, 0.5) is 10.5 Å². The van der Waals surface area contributed by atoms with Crippen LogP contribution in [-0.2, 0) is 13.1 Å². The minimum Gasteiger partial charge on any atom is -0.357 e. The van der Waals surface area contributed by atoms with E-state index in [0.29, 0.717) is 13.1 Å². The Bertz CT molecular complexity index is 728. The SMILES string of the molecule is CCNC(=NCc1ccc(NC(=O)NC(C)C)cc1)NCc1ccccn1. The van der Waals surface area contributed by atoms with Crippen LogP contribution < -0.4 is 21.3 Å². The smallest absolute Gasteiger partial charge is 0.319 e. The number of amides is 2. The molecular weight excluding hydrogens is 340 g/mol. The Labute approximate surface area is 160 Å².